The second kappa shape index (κ2) is 5.03. The number of fused-ring (bicyclic) bond motifs is 3. The van der Waals surface area contributed by atoms with Gasteiger partial charge in [0.2, 0.25) is 0 Å². The molecular weight excluding hydrogens is 270 g/mol. The predicted octanol–water partition coefficient (Wildman–Crippen LogP) is 1.56. The minimum Gasteiger partial charge on any atom is -0.480 e. The summed E-state index contributed by atoms with van der Waals surface area (Å²) in [5.41, 5.74) is 3.65. The van der Waals surface area contributed by atoms with E-state index >= 15 is 0 Å². The van der Waals surface area contributed by atoms with E-state index in [2.05, 4.69) is 5.32 Å². The highest BCUT2D eigenvalue weighted by Crippen LogP contribution is 2.43. The predicted molar refractivity (Wildman–Crippen MR) is 75.9 cm³/mol. The first kappa shape index (κ1) is 13.3. The Morgan fingerprint density at radius 1 is 1.05 bits per heavy atom. The van der Waals surface area contributed by atoms with E-state index < -0.39 is 24.5 Å². The lowest BCUT2D eigenvalue weighted by Crippen LogP contribution is -2.29. The van der Waals surface area contributed by atoms with Gasteiger partial charge in [0, 0.05) is 5.56 Å². The summed E-state index contributed by atoms with van der Waals surface area (Å²) >= 11 is 0. The van der Waals surface area contributed by atoms with Gasteiger partial charge in [0.1, 0.15) is 12.6 Å². The van der Waals surface area contributed by atoms with Gasteiger partial charge in [0.05, 0.1) is 0 Å². The van der Waals surface area contributed by atoms with Crippen LogP contribution in [0.25, 0.3) is 11.1 Å². The van der Waals surface area contributed by atoms with Crippen LogP contribution in [0.3, 0.4) is 0 Å². The zero-order chi connectivity index (χ0) is 15.0. The van der Waals surface area contributed by atoms with Crippen LogP contribution in [-0.4, -0.2) is 28.6 Å². The molecule has 0 aromatic heterocycles. The summed E-state index contributed by atoms with van der Waals surface area (Å²) in [4.78, 5) is 22.4. The summed E-state index contributed by atoms with van der Waals surface area (Å²) in [7, 11) is 0. The van der Waals surface area contributed by atoms with E-state index in [0.717, 1.165) is 22.3 Å². The van der Waals surface area contributed by atoms with Crippen molar-refractivity contribution in [3.63, 3.8) is 0 Å². The second-order valence-corrected chi connectivity index (χ2v) is 4.87. The maximum absolute atomic E-state index is 11.9. The maximum Gasteiger partial charge on any atom is 0.322 e. The molecule has 5 heteroatoms. The molecule has 2 aromatic rings. The van der Waals surface area contributed by atoms with E-state index in [1.165, 1.54) is 0 Å². The molecule has 106 valence electrons. The Labute approximate surface area is 120 Å². The van der Waals surface area contributed by atoms with Crippen molar-refractivity contribution in [1.82, 2.24) is 5.32 Å². The number of aliphatic carboxylic acids is 1. The van der Waals surface area contributed by atoms with Crippen molar-refractivity contribution in [3.05, 3.63) is 59.2 Å². The topological polar surface area (TPSA) is 86.6 Å². The fraction of sp³-hybridized carbons (Fsp3) is 0.125. The minimum absolute atomic E-state index is 0.374. The Bertz CT molecular complexity index is 739. The maximum atomic E-state index is 11.9. The number of rotatable bonds is 3. The van der Waals surface area contributed by atoms with E-state index in [9.17, 15) is 14.7 Å². The van der Waals surface area contributed by atoms with Crippen LogP contribution < -0.4 is 5.32 Å². The molecule has 0 bridgehead atoms. The largest absolute Gasteiger partial charge is 0.480 e. The molecule has 1 aliphatic rings. The lowest BCUT2D eigenvalue weighted by Gasteiger charge is -2.07. The van der Waals surface area contributed by atoms with Gasteiger partial charge in [-0.15, -0.1) is 0 Å². The summed E-state index contributed by atoms with van der Waals surface area (Å²) in [6.45, 7) is -0.421. The lowest BCUT2D eigenvalue weighted by molar-refractivity contribution is -0.135. The number of carboxylic acids is 1. The average Bonchev–Trinajstić information content (AvgIpc) is 2.78. The van der Waals surface area contributed by atoms with Gasteiger partial charge in [0.15, 0.2) is 0 Å². The molecule has 0 saturated carbocycles. The summed E-state index contributed by atoms with van der Waals surface area (Å²) in [5, 5.41) is 21.2. The molecule has 0 spiro atoms. The quantitative estimate of drug-likeness (QED) is 0.798. The first-order chi connectivity index (χ1) is 10.1. The highest BCUT2D eigenvalue weighted by Gasteiger charge is 2.27. The normalized spacial score (nSPS) is 15.2. The summed E-state index contributed by atoms with van der Waals surface area (Å²) in [6, 6.07) is 12.4. The van der Waals surface area contributed by atoms with Crippen LogP contribution in [0.15, 0.2) is 42.5 Å². The molecule has 0 aliphatic heterocycles. The molecule has 5 nitrogen and oxygen atoms in total. The number of amides is 1. The molecular formula is C16H13NO4. The Morgan fingerprint density at radius 3 is 2.52 bits per heavy atom. The Morgan fingerprint density at radius 2 is 1.76 bits per heavy atom. The average molecular weight is 283 g/mol. The highest BCUT2D eigenvalue weighted by molar-refractivity contribution is 5.97. The van der Waals surface area contributed by atoms with Gasteiger partial charge in [-0.05, 0) is 34.4 Å². The zero-order valence-electron chi connectivity index (χ0n) is 11.0. The third-order valence-electron chi connectivity index (χ3n) is 3.56. The number of nitrogens with one attached hydrogen (secondary N) is 1. The molecule has 2 aromatic carbocycles. The van der Waals surface area contributed by atoms with Gasteiger partial charge in [-0.2, -0.15) is 0 Å². The second-order valence-electron chi connectivity index (χ2n) is 4.87. The van der Waals surface area contributed by atoms with Crippen molar-refractivity contribution < 1.29 is 19.8 Å². The monoisotopic (exact) mass is 283 g/mol. The summed E-state index contributed by atoms with van der Waals surface area (Å²) in [6.07, 6.45) is -0.688. The molecule has 1 atom stereocenters. The van der Waals surface area contributed by atoms with Crippen LogP contribution in [0.4, 0.5) is 0 Å². The van der Waals surface area contributed by atoms with Crippen molar-refractivity contribution in [2.75, 3.05) is 6.54 Å². The molecule has 0 fully saturated rings. The van der Waals surface area contributed by atoms with Crippen LogP contribution >= 0.6 is 0 Å². The number of carbonyl (C=O) groups is 2. The van der Waals surface area contributed by atoms with Gasteiger partial charge in [-0.1, -0.05) is 30.3 Å². The van der Waals surface area contributed by atoms with Crippen molar-refractivity contribution in [2.45, 2.75) is 6.10 Å². The minimum atomic E-state index is -1.09. The number of hydrogen-bond donors (Lipinski definition) is 3. The van der Waals surface area contributed by atoms with Crippen LogP contribution in [0.5, 0.6) is 0 Å². The fourth-order valence-electron chi connectivity index (χ4n) is 2.58. The number of aliphatic hydroxyl groups excluding tert-OH is 1. The van der Waals surface area contributed by atoms with Crippen molar-refractivity contribution in [2.24, 2.45) is 0 Å². The zero-order valence-corrected chi connectivity index (χ0v) is 11.0. The SMILES string of the molecule is O=C(O)CNC(=O)c1ccc2c(c1)-c1ccccc1C2O. The van der Waals surface area contributed by atoms with Crippen molar-refractivity contribution >= 4 is 11.9 Å². The molecule has 1 unspecified atom stereocenters. The smallest absolute Gasteiger partial charge is 0.322 e. The van der Waals surface area contributed by atoms with E-state index in [0.29, 0.717) is 5.56 Å². The van der Waals surface area contributed by atoms with Gasteiger partial charge in [-0.3, -0.25) is 9.59 Å². The Balaban J connectivity index is 1.97. The first-order valence-corrected chi connectivity index (χ1v) is 6.49. The van der Waals surface area contributed by atoms with E-state index in [1.54, 1.807) is 18.2 Å². The van der Waals surface area contributed by atoms with Crippen LogP contribution in [-0.2, 0) is 4.79 Å². The molecule has 0 saturated heterocycles. The third-order valence-corrected chi connectivity index (χ3v) is 3.56. The van der Waals surface area contributed by atoms with Gasteiger partial charge in [0.25, 0.3) is 5.91 Å². The molecule has 1 aliphatic carbocycles. The van der Waals surface area contributed by atoms with E-state index in [-0.39, 0.29) is 0 Å². The molecule has 3 N–H and O–H groups in total. The van der Waals surface area contributed by atoms with Gasteiger partial charge in [-0.25, -0.2) is 0 Å². The standard InChI is InChI=1S/C16H13NO4/c18-14(19)8-17-16(21)9-5-6-12-13(7-9)10-3-1-2-4-11(10)15(12)20/h1-7,15,20H,8H2,(H,17,21)(H,18,19). The fourth-order valence-corrected chi connectivity index (χ4v) is 2.58. The number of benzene rings is 2. The summed E-state index contributed by atoms with van der Waals surface area (Å²) < 4.78 is 0. The van der Waals surface area contributed by atoms with E-state index in [4.69, 9.17) is 5.11 Å². The summed E-state index contributed by atoms with van der Waals surface area (Å²) in [5.74, 6) is -1.54. The highest BCUT2D eigenvalue weighted by atomic mass is 16.4. The number of carboxylic acid groups (broad SMARTS) is 1. The molecule has 1 amide bonds. The number of hydrogen-bond acceptors (Lipinski definition) is 3. The van der Waals surface area contributed by atoms with Crippen LogP contribution in [0.1, 0.15) is 27.6 Å². The first-order valence-electron chi connectivity index (χ1n) is 6.49. The van der Waals surface area contributed by atoms with E-state index in [1.807, 2.05) is 24.3 Å². The number of aliphatic hydroxyl groups is 1. The van der Waals surface area contributed by atoms with Crippen LogP contribution in [0.2, 0.25) is 0 Å². The molecule has 3 rings (SSSR count). The van der Waals surface area contributed by atoms with Crippen molar-refractivity contribution in [3.8, 4) is 11.1 Å². The Hall–Kier alpha value is -2.66. The molecule has 0 heterocycles. The van der Waals surface area contributed by atoms with Gasteiger partial charge < -0.3 is 15.5 Å². The lowest BCUT2D eigenvalue weighted by atomic mass is 10.0. The number of carbonyl (C=O) groups excluding carboxylic acids is 1. The molecule has 21 heavy (non-hydrogen) atoms. The van der Waals surface area contributed by atoms with Crippen LogP contribution in [0, 0.1) is 0 Å². The van der Waals surface area contributed by atoms with Gasteiger partial charge >= 0.3 is 5.97 Å². The molecule has 0 radical (unpaired) electrons. The van der Waals surface area contributed by atoms with Crippen molar-refractivity contribution in [1.29, 1.82) is 0 Å². The third kappa shape index (κ3) is 2.28. The Kier molecular flexibility index (Phi) is 3.19.